The van der Waals surface area contributed by atoms with E-state index in [4.69, 9.17) is 15.2 Å². The topological polar surface area (TPSA) is 49.6 Å². The zero-order valence-corrected chi connectivity index (χ0v) is 15.8. The minimum Gasteiger partial charge on any atom is -0.241 e. The normalized spacial score (nSPS) is 29.9. The maximum absolute atomic E-state index is 9.03. The van der Waals surface area contributed by atoms with Crippen LogP contribution in [-0.4, -0.2) is 9.97 Å². The first-order valence-electron chi connectivity index (χ1n) is 10.5. The van der Waals surface area contributed by atoms with E-state index in [0.29, 0.717) is 11.8 Å². The summed E-state index contributed by atoms with van der Waals surface area (Å²) in [5, 5.41) is 9.03. The van der Waals surface area contributed by atoms with Crippen molar-refractivity contribution in [2.24, 2.45) is 11.8 Å². The molecule has 0 unspecified atom stereocenters. The fourth-order valence-electron chi connectivity index (χ4n) is 4.72. The van der Waals surface area contributed by atoms with E-state index in [9.17, 15) is 0 Å². The van der Waals surface area contributed by atoms with Crippen molar-refractivity contribution in [2.45, 2.75) is 95.8 Å². The van der Waals surface area contributed by atoms with E-state index in [1.807, 2.05) is 0 Å². The van der Waals surface area contributed by atoms with Crippen LogP contribution in [0.2, 0.25) is 0 Å². The lowest BCUT2D eigenvalue weighted by atomic mass is 9.77. The van der Waals surface area contributed by atoms with Gasteiger partial charge in [-0.3, -0.25) is 0 Å². The van der Waals surface area contributed by atoms with Gasteiger partial charge in [0, 0.05) is 24.2 Å². The summed E-state index contributed by atoms with van der Waals surface area (Å²) in [5.41, 5.74) is 1.35. The predicted molar refractivity (Wildman–Crippen MR) is 101 cm³/mol. The Labute approximate surface area is 153 Å². The first kappa shape index (κ1) is 18.4. The van der Waals surface area contributed by atoms with Crippen molar-refractivity contribution in [3.8, 4) is 6.07 Å². The van der Waals surface area contributed by atoms with Crippen molar-refractivity contribution in [1.82, 2.24) is 9.97 Å². The summed E-state index contributed by atoms with van der Waals surface area (Å²) in [6.07, 6.45) is 19.3. The number of nitriles is 1. The molecule has 3 heteroatoms. The van der Waals surface area contributed by atoms with Gasteiger partial charge in [-0.25, -0.2) is 9.97 Å². The van der Waals surface area contributed by atoms with E-state index < -0.39 is 0 Å². The van der Waals surface area contributed by atoms with Crippen molar-refractivity contribution in [1.29, 1.82) is 5.26 Å². The minimum atomic E-state index is 0.253. The Bertz CT molecular complexity index is 544. The highest BCUT2D eigenvalue weighted by Gasteiger charge is 2.25. The van der Waals surface area contributed by atoms with Crippen LogP contribution in [0.4, 0.5) is 0 Å². The van der Waals surface area contributed by atoms with Gasteiger partial charge in [-0.1, -0.05) is 32.6 Å². The van der Waals surface area contributed by atoms with Crippen molar-refractivity contribution >= 4 is 0 Å². The molecule has 1 aromatic rings. The second-order valence-electron chi connectivity index (χ2n) is 8.27. The van der Waals surface area contributed by atoms with E-state index in [2.05, 4.69) is 25.4 Å². The van der Waals surface area contributed by atoms with Crippen molar-refractivity contribution in [2.75, 3.05) is 0 Å². The van der Waals surface area contributed by atoms with Crippen molar-refractivity contribution < 1.29 is 0 Å². The van der Waals surface area contributed by atoms with Crippen LogP contribution in [0.5, 0.6) is 0 Å². The zero-order valence-electron chi connectivity index (χ0n) is 15.8. The third-order valence-electron chi connectivity index (χ3n) is 6.50. The Morgan fingerprint density at radius 3 is 2.16 bits per heavy atom. The Balaban J connectivity index is 1.48. The summed E-state index contributed by atoms with van der Waals surface area (Å²) in [4.78, 5) is 9.43. The van der Waals surface area contributed by atoms with Gasteiger partial charge in [0.15, 0.2) is 0 Å². The van der Waals surface area contributed by atoms with Gasteiger partial charge in [0.25, 0.3) is 0 Å². The molecule has 3 rings (SSSR count). The van der Waals surface area contributed by atoms with Gasteiger partial charge < -0.3 is 0 Å². The van der Waals surface area contributed by atoms with Crippen LogP contribution in [0.15, 0.2) is 12.4 Å². The van der Waals surface area contributed by atoms with E-state index >= 15 is 0 Å². The van der Waals surface area contributed by atoms with Crippen LogP contribution in [0.1, 0.15) is 107 Å². The molecule has 0 radical (unpaired) electrons. The molecule has 1 aromatic heterocycles. The highest BCUT2D eigenvalue weighted by atomic mass is 14.9. The van der Waals surface area contributed by atoms with E-state index in [-0.39, 0.29) is 5.92 Å². The van der Waals surface area contributed by atoms with Gasteiger partial charge >= 0.3 is 0 Å². The standard InChI is InChI=1S/C22H33N3/c1-2-3-4-5-17-6-10-19(11-7-17)21-15-24-22(25-16-21)20-12-8-18(14-23)9-13-20/h15-20H,2-13H2,1H3. The largest absolute Gasteiger partial charge is 0.241 e. The second-order valence-corrected chi connectivity index (χ2v) is 8.27. The zero-order chi connectivity index (χ0) is 17.5. The van der Waals surface area contributed by atoms with Crippen LogP contribution in [0.3, 0.4) is 0 Å². The summed E-state index contributed by atoms with van der Waals surface area (Å²) in [6.45, 7) is 2.29. The molecule has 2 fully saturated rings. The molecular formula is C22H33N3. The van der Waals surface area contributed by atoms with Gasteiger partial charge in [0.05, 0.1) is 6.07 Å². The minimum absolute atomic E-state index is 0.253. The van der Waals surface area contributed by atoms with Gasteiger partial charge in [0.2, 0.25) is 0 Å². The average molecular weight is 340 g/mol. The number of nitrogens with zero attached hydrogens (tertiary/aromatic N) is 3. The first-order valence-corrected chi connectivity index (χ1v) is 10.5. The van der Waals surface area contributed by atoms with Crippen molar-refractivity contribution in [3.63, 3.8) is 0 Å². The lowest BCUT2D eigenvalue weighted by Gasteiger charge is -2.29. The SMILES string of the molecule is CCCCCC1CCC(c2cnc(C3CCC(C#N)CC3)nc2)CC1. The highest BCUT2D eigenvalue weighted by molar-refractivity contribution is 5.14. The molecule has 1 heterocycles. The molecule has 0 saturated heterocycles. The Morgan fingerprint density at radius 2 is 1.56 bits per heavy atom. The molecule has 25 heavy (non-hydrogen) atoms. The summed E-state index contributed by atoms with van der Waals surface area (Å²) in [5.74, 6) is 3.36. The molecule has 3 nitrogen and oxygen atoms in total. The molecule has 0 amide bonds. The van der Waals surface area contributed by atoms with Gasteiger partial charge in [-0.2, -0.15) is 5.26 Å². The summed E-state index contributed by atoms with van der Waals surface area (Å²) in [6, 6.07) is 2.41. The van der Waals surface area contributed by atoms with Gasteiger partial charge in [0.1, 0.15) is 5.82 Å². The number of hydrogen-bond donors (Lipinski definition) is 0. The number of rotatable bonds is 6. The maximum Gasteiger partial charge on any atom is 0.131 e. The molecule has 0 N–H and O–H groups in total. The monoisotopic (exact) mass is 339 g/mol. The predicted octanol–water partition coefficient (Wildman–Crippen LogP) is 6.13. The summed E-state index contributed by atoms with van der Waals surface area (Å²) >= 11 is 0. The van der Waals surface area contributed by atoms with Crippen LogP contribution in [0, 0.1) is 23.2 Å². The third kappa shape index (κ3) is 5.03. The molecule has 0 atom stereocenters. The Morgan fingerprint density at radius 1 is 0.920 bits per heavy atom. The molecule has 136 valence electrons. The van der Waals surface area contributed by atoms with Crippen LogP contribution < -0.4 is 0 Å². The fourth-order valence-corrected chi connectivity index (χ4v) is 4.72. The lowest BCUT2D eigenvalue weighted by Crippen LogP contribution is -2.16. The molecule has 2 saturated carbocycles. The molecule has 0 bridgehead atoms. The maximum atomic E-state index is 9.03. The quantitative estimate of drug-likeness (QED) is 0.586. The summed E-state index contributed by atoms with van der Waals surface area (Å²) < 4.78 is 0. The number of hydrogen-bond acceptors (Lipinski definition) is 3. The van der Waals surface area contributed by atoms with E-state index in [0.717, 1.165) is 37.4 Å². The molecule has 2 aliphatic rings. The van der Waals surface area contributed by atoms with E-state index in [1.165, 1.54) is 56.9 Å². The van der Waals surface area contributed by atoms with Crippen LogP contribution in [0.25, 0.3) is 0 Å². The van der Waals surface area contributed by atoms with Crippen molar-refractivity contribution in [3.05, 3.63) is 23.8 Å². The molecule has 0 aliphatic heterocycles. The molecule has 0 aromatic carbocycles. The molecular weight excluding hydrogens is 306 g/mol. The highest BCUT2D eigenvalue weighted by Crippen LogP contribution is 2.38. The van der Waals surface area contributed by atoms with E-state index in [1.54, 1.807) is 0 Å². The Hall–Kier alpha value is -1.43. The van der Waals surface area contributed by atoms with Crippen LogP contribution in [-0.2, 0) is 0 Å². The second kappa shape index (κ2) is 9.32. The molecule has 2 aliphatic carbocycles. The average Bonchev–Trinajstić information content (AvgIpc) is 2.69. The fraction of sp³-hybridized carbons (Fsp3) is 0.773. The Kier molecular flexibility index (Phi) is 6.84. The van der Waals surface area contributed by atoms with Gasteiger partial charge in [-0.15, -0.1) is 0 Å². The number of aromatic nitrogens is 2. The van der Waals surface area contributed by atoms with Gasteiger partial charge in [-0.05, 0) is 68.8 Å². The first-order chi connectivity index (χ1) is 12.3. The third-order valence-corrected chi connectivity index (χ3v) is 6.50. The molecule has 0 spiro atoms. The smallest absolute Gasteiger partial charge is 0.131 e. The lowest BCUT2D eigenvalue weighted by molar-refractivity contribution is 0.302. The summed E-state index contributed by atoms with van der Waals surface area (Å²) in [7, 11) is 0. The number of unbranched alkanes of at least 4 members (excludes halogenated alkanes) is 2. The van der Waals surface area contributed by atoms with Crippen LogP contribution >= 0.6 is 0 Å².